The summed E-state index contributed by atoms with van der Waals surface area (Å²) in [6.45, 7) is 6.99. The number of aromatic nitrogens is 1. The smallest absolute Gasteiger partial charge is 0.168 e. The predicted octanol–water partition coefficient (Wildman–Crippen LogP) is 3.33. The quantitative estimate of drug-likeness (QED) is 0.864. The molecular formula is C14H18F2N2. The van der Waals surface area contributed by atoms with Crippen molar-refractivity contribution in [2.45, 2.75) is 20.3 Å². The highest BCUT2D eigenvalue weighted by Crippen LogP contribution is 2.24. The summed E-state index contributed by atoms with van der Waals surface area (Å²) in [6.07, 6.45) is 2.50. The SMILES string of the molecule is CCN(CC)CCc1c[nH]c2ccc(F)c(F)c12. The molecule has 0 aliphatic carbocycles. The van der Waals surface area contributed by atoms with Gasteiger partial charge in [-0.2, -0.15) is 0 Å². The second-order valence-corrected chi connectivity index (χ2v) is 4.37. The summed E-state index contributed by atoms with van der Waals surface area (Å²) in [4.78, 5) is 5.25. The van der Waals surface area contributed by atoms with E-state index in [1.807, 2.05) is 0 Å². The molecule has 98 valence electrons. The first-order valence-electron chi connectivity index (χ1n) is 6.33. The molecule has 1 aromatic carbocycles. The maximum Gasteiger partial charge on any atom is 0.168 e. The third-order valence-electron chi connectivity index (χ3n) is 3.41. The van der Waals surface area contributed by atoms with E-state index in [4.69, 9.17) is 0 Å². The second kappa shape index (κ2) is 5.48. The second-order valence-electron chi connectivity index (χ2n) is 4.37. The minimum atomic E-state index is -0.786. The Hall–Kier alpha value is -1.42. The van der Waals surface area contributed by atoms with Gasteiger partial charge in [0.1, 0.15) is 0 Å². The van der Waals surface area contributed by atoms with Crippen LogP contribution in [0, 0.1) is 11.6 Å². The molecule has 1 heterocycles. The molecule has 0 aliphatic rings. The van der Waals surface area contributed by atoms with Crippen LogP contribution in [-0.4, -0.2) is 29.5 Å². The zero-order valence-electron chi connectivity index (χ0n) is 10.8. The number of halogens is 2. The molecule has 2 nitrogen and oxygen atoms in total. The minimum absolute atomic E-state index is 0.391. The third-order valence-corrected chi connectivity index (χ3v) is 3.41. The minimum Gasteiger partial charge on any atom is -0.361 e. The Labute approximate surface area is 106 Å². The van der Waals surface area contributed by atoms with Crippen LogP contribution in [0.25, 0.3) is 10.9 Å². The van der Waals surface area contributed by atoms with E-state index in [1.54, 1.807) is 12.3 Å². The molecule has 0 bridgehead atoms. The topological polar surface area (TPSA) is 19.0 Å². The lowest BCUT2D eigenvalue weighted by molar-refractivity contribution is 0.308. The molecule has 0 fully saturated rings. The van der Waals surface area contributed by atoms with Crippen molar-refractivity contribution >= 4 is 10.9 Å². The molecule has 0 amide bonds. The van der Waals surface area contributed by atoms with Gasteiger partial charge < -0.3 is 9.88 Å². The number of likely N-dealkylation sites (N-methyl/N-ethyl adjacent to an activating group) is 1. The lowest BCUT2D eigenvalue weighted by Crippen LogP contribution is -2.25. The van der Waals surface area contributed by atoms with Crippen molar-refractivity contribution in [2.24, 2.45) is 0 Å². The lowest BCUT2D eigenvalue weighted by atomic mass is 10.1. The molecule has 0 spiro atoms. The maximum atomic E-state index is 13.8. The summed E-state index contributed by atoms with van der Waals surface area (Å²) in [5.74, 6) is -1.53. The van der Waals surface area contributed by atoms with Gasteiger partial charge in [-0.3, -0.25) is 0 Å². The lowest BCUT2D eigenvalue weighted by Gasteiger charge is -2.17. The number of fused-ring (bicyclic) bond motifs is 1. The van der Waals surface area contributed by atoms with Crippen LogP contribution >= 0.6 is 0 Å². The van der Waals surface area contributed by atoms with E-state index in [9.17, 15) is 8.78 Å². The van der Waals surface area contributed by atoms with E-state index < -0.39 is 11.6 Å². The molecule has 1 aromatic heterocycles. The van der Waals surface area contributed by atoms with E-state index in [1.165, 1.54) is 0 Å². The summed E-state index contributed by atoms with van der Waals surface area (Å²) < 4.78 is 27.0. The van der Waals surface area contributed by atoms with Gasteiger partial charge in [0, 0.05) is 23.6 Å². The van der Waals surface area contributed by atoms with Gasteiger partial charge in [-0.1, -0.05) is 13.8 Å². The van der Waals surface area contributed by atoms with Gasteiger partial charge in [-0.05, 0) is 37.2 Å². The van der Waals surface area contributed by atoms with E-state index in [-0.39, 0.29) is 0 Å². The molecule has 4 heteroatoms. The summed E-state index contributed by atoms with van der Waals surface area (Å²) in [5, 5.41) is 0.391. The van der Waals surface area contributed by atoms with Crippen LogP contribution in [0.15, 0.2) is 18.3 Å². The number of benzene rings is 1. The van der Waals surface area contributed by atoms with Crippen LogP contribution in [-0.2, 0) is 6.42 Å². The van der Waals surface area contributed by atoms with Crippen molar-refractivity contribution in [1.82, 2.24) is 9.88 Å². The summed E-state index contributed by atoms with van der Waals surface area (Å²) in [6, 6.07) is 2.73. The van der Waals surface area contributed by atoms with E-state index in [0.29, 0.717) is 10.9 Å². The average molecular weight is 252 g/mol. The first-order valence-corrected chi connectivity index (χ1v) is 6.33. The summed E-state index contributed by atoms with van der Waals surface area (Å²) in [5.41, 5.74) is 1.50. The molecule has 0 unspecified atom stereocenters. The molecule has 0 aliphatic heterocycles. The van der Waals surface area contributed by atoms with Crippen LogP contribution in [0.5, 0.6) is 0 Å². The van der Waals surface area contributed by atoms with Crippen molar-refractivity contribution in [2.75, 3.05) is 19.6 Å². The largest absolute Gasteiger partial charge is 0.361 e. The normalized spacial score (nSPS) is 11.6. The molecule has 0 saturated heterocycles. The van der Waals surface area contributed by atoms with Gasteiger partial charge in [0.25, 0.3) is 0 Å². The molecular weight excluding hydrogens is 234 g/mol. The van der Waals surface area contributed by atoms with Crippen LogP contribution in [0.1, 0.15) is 19.4 Å². The first-order chi connectivity index (χ1) is 8.67. The monoisotopic (exact) mass is 252 g/mol. The van der Waals surface area contributed by atoms with Gasteiger partial charge in [-0.15, -0.1) is 0 Å². The van der Waals surface area contributed by atoms with Crippen molar-refractivity contribution in [3.8, 4) is 0 Å². The van der Waals surface area contributed by atoms with Crippen molar-refractivity contribution in [3.05, 3.63) is 35.5 Å². The number of rotatable bonds is 5. The van der Waals surface area contributed by atoms with Crippen LogP contribution < -0.4 is 0 Å². The standard InChI is InChI=1S/C14H18F2N2/c1-3-18(4-2)8-7-10-9-17-12-6-5-11(15)14(16)13(10)12/h5-6,9,17H,3-4,7-8H2,1-2H3. The number of aromatic amines is 1. The fraction of sp³-hybridized carbons (Fsp3) is 0.429. The Balaban J connectivity index is 2.26. The van der Waals surface area contributed by atoms with Crippen LogP contribution in [0.4, 0.5) is 8.78 Å². The zero-order chi connectivity index (χ0) is 13.1. The zero-order valence-corrected chi connectivity index (χ0v) is 10.8. The maximum absolute atomic E-state index is 13.8. The number of hydrogen-bond donors (Lipinski definition) is 1. The molecule has 0 radical (unpaired) electrons. The fourth-order valence-electron chi connectivity index (χ4n) is 2.24. The highest BCUT2D eigenvalue weighted by molar-refractivity contribution is 5.83. The molecule has 0 atom stereocenters. The number of nitrogens with zero attached hydrogens (tertiary/aromatic N) is 1. The molecule has 0 saturated carbocycles. The number of hydrogen-bond acceptors (Lipinski definition) is 1. The van der Waals surface area contributed by atoms with E-state index in [2.05, 4.69) is 23.7 Å². The Bertz CT molecular complexity index is 530. The Morgan fingerprint density at radius 3 is 2.56 bits per heavy atom. The van der Waals surface area contributed by atoms with Crippen molar-refractivity contribution in [3.63, 3.8) is 0 Å². The predicted molar refractivity (Wildman–Crippen MR) is 69.7 cm³/mol. The summed E-state index contributed by atoms with van der Waals surface area (Å²) in [7, 11) is 0. The average Bonchev–Trinajstić information content (AvgIpc) is 2.79. The van der Waals surface area contributed by atoms with Crippen LogP contribution in [0.3, 0.4) is 0 Å². The van der Waals surface area contributed by atoms with Gasteiger partial charge >= 0.3 is 0 Å². The Kier molecular flexibility index (Phi) is 3.97. The van der Waals surface area contributed by atoms with Gasteiger partial charge in [0.15, 0.2) is 11.6 Å². The van der Waals surface area contributed by atoms with E-state index in [0.717, 1.165) is 37.7 Å². The highest BCUT2D eigenvalue weighted by Gasteiger charge is 2.13. The molecule has 2 aromatic rings. The van der Waals surface area contributed by atoms with Gasteiger partial charge in [0.2, 0.25) is 0 Å². The molecule has 18 heavy (non-hydrogen) atoms. The van der Waals surface area contributed by atoms with Crippen molar-refractivity contribution in [1.29, 1.82) is 0 Å². The summed E-state index contributed by atoms with van der Waals surface area (Å²) >= 11 is 0. The van der Waals surface area contributed by atoms with Gasteiger partial charge in [0.05, 0.1) is 0 Å². The molecule has 2 rings (SSSR count). The number of H-pyrrole nitrogens is 1. The van der Waals surface area contributed by atoms with E-state index >= 15 is 0 Å². The third kappa shape index (κ3) is 2.38. The highest BCUT2D eigenvalue weighted by atomic mass is 19.2. The van der Waals surface area contributed by atoms with Crippen molar-refractivity contribution < 1.29 is 8.78 Å². The van der Waals surface area contributed by atoms with Gasteiger partial charge in [-0.25, -0.2) is 8.78 Å². The first kappa shape index (κ1) is 13.0. The fourth-order valence-corrected chi connectivity index (χ4v) is 2.24. The Morgan fingerprint density at radius 2 is 1.89 bits per heavy atom. The Morgan fingerprint density at radius 1 is 1.17 bits per heavy atom. The molecule has 1 N–H and O–H groups in total. The van der Waals surface area contributed by atoms with Crippen LogP contribution in [0.2, 0.25) is 0 Å². The number of nitrogens with one attached hydrogen (secondary N) is 1.